The van der Waals surface area contributed by atoms with E-state index in [1.54, 1.807) is 0 Å². The Morgan fingerprint density at radius 3 is 2.52 bits per heavy atom. The molecule has 0 unspecified atom stereocenters. The molecule has 0 amide bonds. The van der Waals surface area contributed by atoms with Gasteiger partial charge in [0.1, 0.15) is 0 Å². The number of guanidine groups is 1. The molecular weight excluding hydrogens is 310 g/mol. The minimum absolute atomic E-state index is 0.379. The van der Waals surface area contributed by atoms with E-state index in [9.17, 15) is 0 Å². The Kier molecular flexibility index (Phi) is 7.04. The van der Waals surface area contributed by atoms with Crippen molar-refractivity contribution < 1.29 is 0 Å². The second kappa shape index (κ2) is 9.25. The van der Waals surface area contributed by atoms with Crippen LogP contribution in [0.3, 0.4) is 0 Å². The van der Waals surface area contributed by atoms with Gasteiger partial charge in [-0.25, -0.2) is 0 Å². The van der Waals surface area contributed by atoms with Gasteiger partial charge in [-0.3, -0.25) is 9.67 Å². The highest BCUT2D eigenvalue weighted by Crippen LogP contribution is 2.19. The molecule has 0 bridgehead atoms. The Balaban J connectivity index is 1.85. The minimum atomic E-state index is 0.379. The van der Waals surface area contributed by atoms with Gasteiger partial charge in [-0.05, 0) is 35.4 Å². The lowest BCUT2D eigenvalue weighted by atomic mass is 9.91. The zero-order chi connectivity index (χ0) is 18.1. The van der Waals surface area contributed by atoms with E-state index in [1.807, 2.05) is 30.2 Å². The number of benzene rings is 1. The Labute approximate surface area is 151 Å². The smallest absolute Gasteiger partial charge is 0.191 e. The first-order chi connectivity index (χ1) is 12.0. The predicted molar refractivity (Wildman–Crippen MR) is 105 cm³/mol. The first-order valence-electron chi connectivity index (χ1n) is 8.97. The maximum atomic E-state index is 4.32. The molecule has 0 fully saturated rings. The van der Waals surface area contributed by atoms with Crippen LogP contribution in [-0.4, -0.2) is 29.3 Å². The fourth-order valence-electron chi connectivity index (χ4n) is 2.68. The van der Waals surface area contributed by atoms with Crippen LogP contribution in [0.4, 0.5) is 0 Å². The van der Waals surface area contributed by atoms with Crippen LogP contribution >= 0.6 is 0 Å². The summed E-state index contributed by atoms with van der Waals surface area (Å²) in [6.07, 6.45) is 6.13. The number of nitrogens with zero attached hydrogens (tertiary/aromatic N) is 3. The number of nitrogens with one attached hydrogen (secondary N) is 2. The van der Waals surface area contributed by atoms with Crippen molar-refractivity contribution in [3.05, 3.63) is 53.9 Å². The molecule has 0 saturated carbocycles. The van der Waals surface area contributed by atoms with E-state index in [1.165, 1.54) is 17.5 Å². The lowest BCUT2D eigenvalue weighted by Gasteiger charge is -2.19. The molecule has 136 valence electrons. The van der Waals surface area contributed by atoms with Gasteiger partial charge in [0, 0.05) is 32.5 Å². The molecule has 1 heterocycles. The normalized spacial score (nSPS) is 12.2. The summed E-state index contributed by atoms with van der Waals surface area (Å²) < 4.78 is 1.94. The van der Waals surface area contributed by atoms with Crippen molar-refractivity contribution in [3.63, 3.8) is 0 Å². The molecule has 1 aromatic carbocycles. The van der Waals surface area contributed by atoms with Gasteiger partial charge in [0.25, 0.3) is 0 Å². The van der Waals surface area contributed by atoms with Crippen molar-refractivity contribution in [2.75, 3.05) is 13.6 Å². The molecule has 0 saturated heterocycles. The van der Waals surface area contributed by atoms with Gasteiger partial charge in [-0.15, -0.1) is 0 Å². The topological polar surface area (TPSA) is 54.2 Å². The monoisotopic (exact) mass is 341 g/mol. The third kappa shape index (κ3) is 6.99. The highest BCUT2D eigenvalue weighted by molar-refractivity contribution is 5.79. The lowest BCUT2D eigenvalue weighted by molar-refractivity contribution is 0.365. The molecule has 1 aromatic heterocycles. The van der Waals surface area contributed by atoms with Crippen molar-refractivity contribution in [1.82, 2.24) is 20.4 Å². The third-order valence-corrected chi connectivity index (χ3v) is 4.08. The zero-order valence-electron chi connectivity index (χ0n) is 15.9. The molecule has 5 heteroatoms. The van der Waals surface area contributed by atoms with E-state index < -0.39 is 0 Å². The Morgan fingerprint density at radius 1 is 1.12 bits per heavy atom. The van der Waals surface area contributed by atoms with Gasteiger partial charge >= 0.3 is 0 Å². The number of rotatable bonds is 7. The van der Waals surface area contributed by atoms with Gasteiger partial charge in [-0.1, -0.05) is 45.0 Å². The van der Waals surface area contributed by atoms with Crippen LogP contribution in [0.5, 0.6) is 0 Å². The van der Waals surface area contributed by atoms with Crippen LogP contribution in [0.25, 0.3) is 0 Å². The summed E-state index contributed by atoms with van der Waals surface area (Å²) in [5.41, 5.74) is 2.90. The van der Waals surface area contributed by atoms with E-state index in [0.29, 0.717) is 5.41 Å². The summed E-state index contributed by atoms with van der Waals surface area (Å²) in [4.78, 5) is 4.32. The van der Waals surface area contributed by atoms with Gasteiger partial charge in [0.05, 0.1) is 6.54 Å². The molecule has 2 N–H and O–H groups in total. The van der Waals surface area contributed by atoms with E-state index in [0.717, 1.165) is 32.0 Å². The number of aliphatic imine (C=N–C) groups is 1. The molecule has 5 nitrogen and oxygen atoms in total. The predicted octanol–water partition coefficient (Wildman–Crippen LogP) is 3.42. The van der Waals surface area contributed by atoms with Crippen molar-refractivity contribution in [2.45, 2.75) is 46.7 Å². The second-order valence-corrected chi connectivity index (χ2v) is 7.49. The Bertz CT molecular complexity index is 653. The van der Waals surface area contributed by atoms with E-state index >= 15 is 0 Å². The Morgan fingerprint density at radius 2 is 1.88 bits per heavy atom. The Hall–Kier alpha value is -2.30. The highest BCUT2D eigenvalue weighted by Gasteiger charge is 2.09. The van der Waals surface area contributed by atoms with Crippen LogP contribution in [0, 0.1) is 5.41 Å². The standard InChI is InChI=1S/C20H31N5/c1-20(2,3)11-7-12-22-19(21-4)23-15-17-9-5-6-10-18(17)16-25-14-8-13-24-25/h5-6,8-10,13-14H,7,11-12,15-16H2,1-4H3,(H2,21,22,23). The first-order valence-corrected chi connectivity index (χ1v) is 8.97. The van der Waals surface area contributed by atoms with Crippen LogP contribution in [0.2, 0.25) is 0 Å². The average molecular weight is 342 g/mol. The van der Waals surface area contributed by atoms with Crippen LogP contribution < -0.4 is 10.6 Å². The van der Waals surface area contributed by atoms with E-state index in [4.69, 9.17) is 0 Å². The number of hydrogen-bond acceptors (Lipinski definition) is 2. The summed E-state index contributed by atoms with van der Waals surface area (Å²) in [5, 5.41) is 11.1. The number of aromatic nitrogens is 2. The lowest BCUT2D eigenvalue weighted by Crippen LogP contribution is -2.37. The highest BCUT2D eigenvalue weighted by atomic mass is 15.3. The maximum absolute atomic E-state index is 4.32. The molecule has 2 rings (SSSR count). The van der Waals surface area contributed by atoms with E-state index in [2.05, 4.69) is 65.8 Å². The molecule has 0 aliphatic rings. The van der Waals surface area contributed by atoms with E-state index in [-0.39, 0.29) is 0 Å². The summed E-state index contributed by atoms with van der Waals surface area (Å²) in [6.45, 7) is 9.29. The van der Waals surface area contributed by atoms with Gasteiger partial charge in [-0.2, -0.15) is 5.10 Å². The van der Waals surface area contributed by atoms with Gasteiger partial charge < -0.3 is 10.6 Å². The van der Waals surface area contributed by atoms with Crippen molar-refractivity contribution in [1.29, 1.82) is 0 Å². The van der Waals surface area contributed by atoms with Crippen LogP contribution in [-0.2, 0) is 13.1 Å². The summed E-state index contributed by atoms with van der Waals surface area (Å²) in [7, 11) is 1.81. The van der Waals surface area contributed by atoms with Crippen molar-refractivity contribution in [2.24, 2.45) is 10.4 Å². The van der Waals surface area contributed by atoms with Crippen molar-refractivity contribution in [3.8, 4) is 0 Å². The van der Waals surface area contributed by atoms with Crippen molar-refractivity contribution >= 4 is 5.96 Å². The van der Waals surface area contributed by atoms with Crippen LogP contribution in [0.1, 0.15) is 44.7 Å². The molecule has 0 radical (unpaired) electrons. The van der Waals surface area contributed by atoms with Crippen LogP contribution in [0.15, 0.2) is 47.7 Å². The molecule has 0 aliphatic carbocycles. The fraction of sp³-hybridized carbons (Fsp3) is 0.500. The first kappa shape index (κ1) is 19.0. The molecular formula is C20H31N5. The summed E-state index contributed by atoms with van der Waals surface area (Å²) >= 11 is 0. The van der Waals surface area contributed by atoms with Gasteiger partial charge in [0.15, 0.2) is 5.96 Å². The number of hydrogen-bond donors (Lipinski definition) is 2. The molecule has 2 aromatic rings. The molecule has 0 atom stereocenters. The largest absolute Gasteiger partial charge is 0.356 e. The molecule has 25 heavy (non-hydrogen) atoms. The quantitative estimate of drug-likeness (QED) is 0.461. The SMILES string of the molecule is CN=C(NCCCC(C)(C)C)NCc1ccccc1Cn1cccn1. The molecule has 0 aliphatic heterocycles. The maximum Gasteiger partial charge on any atom is 0.191 e. The minimum Gasteiger partial charge on any atom is -0.356 e. The van der Waals surface area contributed by atoms with Gasteiger partial charge in [0.2, 0.25) is 0 Å². The summed E-state index contributed by atoms with van der Waals surface area (Å²) in [5.74, 6) is 0.850. The fourth-order valence-corrected chi connectivity index (χ4v) is 2.68. The summed E-state index contributed by atoms with van der Waals surface area (Å²) in [6, 6.07) is 10.4. The zero-order valence-corrected chi connectivity index (χ0v) is 15.9. The third-order valence-electron chi connectivity index (χ3n) is 4.08. The average Bonchev–Trinajstić information content (AvgIpc) is 3.07. The molecule has 0 spiro atoms. The second-order valence-electron chi connectivity index (χ2n) is 7.49.